The molecular weight excluding hydrogens is 286 g/mol. The Balaban J connectivity index is 2.13. The van der Waals surface area contributed by atoms with Gasteiger partial charge in [0.15, 0.2) is 0 Å². The van der Waals surface area contributed by atoms with Crippen molar-refractivity contribution in [3.05, 3.63) is 34.9 Å². The van der Waals surface area contributed by atoms with Gasteiger partial charge < -0.3 is 10.2 Å². The number of likely N-dealkylation sites (N-methyl/N-ethyl adjacent to an activating group) is 1. The molecule has 0 saturated carbocycles. The number of halogens is 1. The highest BCUT2D eigenvalue weighted by molar-refractivity contribution is 6.30. The molecule has 1 aliphatic rings. The summed E-state index contributed by atoms with van der Waals surface area (Å²) in [4.78, 5) is 16.8. The summed E-state index contributed by atoms with van der Waals surface area (Å²) in [6.45, 7) is 8.84. The molecule has 5 heteroatoms. The van der Waals surface area contributed by atoms with Crippen molar-refractivity contribution < 1.29 is 4.79 Å². The Morgan fingerprint density at radius 2 is 2.19 bits per heavy atom. The molecule has 1 N–H and O–H groups in total. The Hall–Kier alpha value is -1.10. The van der Waals surface area contributed by atoms with Crippen LogP contribution in [0.15, 0.2) is 24.3 Å². The van der Waals surface area contributed by atoms with E-state index in [1.807, 2.05) is 29.2 Å². The van der Waals surface area contributed by atoms with Crippen LogP contribution in [0.4, 0.5) is 0 Å². The number of carbonyl (C=O) groups is 1. The van der Waals surface area contributed by atoms with E-state index in [-0.39, 0.29) is 11.9 Å². The van der Waals surface area contributed by atoms with E-state index in [0.29, 0.717) is 11.6 Å². The van der Waals surface area contributed by atoms with E-state index in [4.69, 9.17) is 11.6 Å². The zero-order valence-electron chi connectivity index (χ0n) is 12.8. The molecule has 1 amide bonds. The third-order valence-corrected chi connectivity index (χ3v) is 4.29. The number of carbonyl (C=O) groups excluding carboxylic acids is 1. The molecule has 0 aliphatic carbocycles. The largest absolute Gasteiger partial charge is 0.332 e. The van der Waals surface area contributed by atoms with Crippen molar-refractivity contribution in [2.75, 3.05) is 39.3 Å². The number of rotatable bonds is 5. The number of piperazine rings is 1. The Labute approximate surface area is 132 Å². The second kappa shape index (κ2) is 7.78. The van der Waals surface area contributed by atoms with E-state index in [2.05, 4.69) is 24.1 Å². The van der Waals surface area contributed by atoms with Crippen LogP contribution in [0.25, 0.3) is 0 Å². The van der Waals surface area contributed by atoms with Crippen molar-refractivity contribution in [2.45, 2.75) is 19.9 Å². The number of amides is 1. The van der Waals surface area contributed by atoms with Crippen LogP contribution in [0, 0.1) is 0 Å². The molecule has 4 nitrogen and oxygen atoms in total. The maximum atomic E-state index is 12.6. The third kappa shape index (κ3) is 4.19. The van der Waals surface area contributed by atoms with E-state index >= 15 is 0 Å². The van der Waals surface area contributed by atoms with Crippen molar-refractivity contribution in [3.8, 4) is 0 Å². The van der Waals surface area contributed by atoms with Crippen LogP contribution >= 0.6 is 11.6 Å². The lowest BCUT2D eigenvalue weighted by Gasteiger charge is -2.37. The molecule has 1 aliphatic heterocycles. The molecule has 1 fully saturated rings. The minimum atomic E-state index is 0.0699. The molecule has 0 aromatic heterocycles. The lowest BCUT2D eigenvalue weighted by Crippen LogP contribution is -2.51. The van der Waals surface area contributed by atoms with E-state index in [1.165, 1.54) is 0 Å². The molecule has 1 heterocycles. The van der Waals surface area contributed by atoms with Crippen LogP contribution < -0.4 is 5.32 Å². The quantitative estimate of drug-likeness (QED) is 0.905. The van der Waals surface area contributed by atoms with Crippen molar-refractivity contribution in [2.24, 2.45) is 0 Å². The first-order valence-electron chi connectivity index (χ1n) is 7.63. The number of hydrogen-bond donors (Lipinski definition) is 1. The predicted molar refractivity (Wildman–Crippen MR) is 86.6 cm³/mol. The van der Waals surface area contributed by atoms with Gasteiger partial charge in [0, 0.05) is 24.7 Å². The average Bonchev–Trinajstić information content (AvgIpc) is 2.52. The average molecular weight is 310 g/mol. The predicted octanol–water partition coefficient (Wildman–Crippen LogP) is 2.15. The first kappa shape index (κ1) is 16.3. The standard InChI is InChI=1S/C16H24ClN3O/c1-3-19(4-2)12-16(21)20-9-8-18-11-15(20)13-6-5-7-14(17)10-13/h5-7,10,15,18H,3-4,8-9,11-12H2,1-2H3. The number of benzene rings is 1. The molecule has 1 saturated heterocycles. The number of hydrogen-bond acceptors (Lipinski definition) is 3. The van der Waals surface area contributed by atoms with Gasteiger partial charge >= 0.3 is 0 Å². The summed E-state index contributed by atoms with van der Waals surface area (Å²) >= 11 is 6.09. The van der Waals surface area contributed by atoms with Crippen LogP contribution in [-0.2, 0) is 4.79 Å². The summed E-state index contributed by atoms with van der Waals surface area (Å²) in [7, 11) is 0. The molecule has 21 heavy (non-hydrogen) atoms. The van der Waals surface area contributed by atoms with E-state index < -0.39 is 0 Å². The normalized spacial score (nSPS) is 19.0. The fourth-order valence-corrected chi connectivity index (χ4v) is 2.94. The van der Waals surface area contributed by atoms with E-state index in [9.17, 15) is 4.79 Å². The fraction of sp³-hybridized carbons (Fsp3) is 0.562. The third-order valence-electron chi connectivity index (χ3n) is 4.05. The maximum absolute atomic E-state index is 12.6. The van der Waals surface area contributed by atoms with Crippen LogP contribution in [0.1, 0.15) is 25.5 Å². The summed E-state index contributed by atoms with van der Waals surface area (Å²) in [5.41, 5.74) is 1.10. The van der Waals surface area contributed by atoms with Crippen LogP contribution in [0.3, 0.4) is 0 Å². The van der Waals surface area contributed by atoms with E-state index in [0.717, 1.165) is 38.3 Å². The topological polar surface area (TPSA) is 35.6 Å². The minimum Gasteiger partial charge on any atom is -0.332 e. The Morgan fingerprint density at radius 3 is 2.86 bits per heavy atom. The first-order valence-corrected chi connectivity index (χ1v) is 8.01. The summed E-state index contributed by atoms with van der Waals surface area (Å²) in [5.74, 6) is 0.199. The Bertz CT molecular complexity index is 476. The van der Waals surface area contributed by atoms with Crippen LogP contribution in [0.2, 0.25) is 5.02 Å². The van der Waals surface area contributed by atoms with Gasteiger partial charge in [-0.25, -0.2) is 0 Å². The van der Waals surface area contributed by atoms with Gasteiger partial charge in [-0.05, 0) is 30.8 Å². The number of nitrogens with zero attached hydrogens (tertiary/aromatic N) is 2. The molecular formula is C16H24ClN3O. The van der Waals surface area contributed by atoms with Gasteiger partial charge in [-0.15, -0.1) is 0 Å². The highest BCUT2D eigenvalue weighted by atomic mass is 35.5. The molecule has 1 atom stereocenters. The van der Waals surface area contributed by atoms with Crippen molar-refractivity contribution in [3.63, 3.8) is 0 Å². The summed E-state index contributed by atoms with van der Waals surface area (Å²) in [5, 5.41) is 4.09. The lowest BCUT2D eigenvalue weighted by atomic mass is 10.0. The van der Waals surface area contributed by atoms with Crippen LogP contribution in [-0.4, -0.2) is 55.0 Å². The monoisotopic (exact) mass is 309 g/mol. The van der Waals surface area contributed by atoms with Gasteiger partial charge in [0.2, 0.25) is 5.91 Å². The van der Waals surface area contributed by atoms with Gasteiger partial charge in [0.1, 0.15) is 0 Å². The first-order chi connectivity index (χ1) is 10.2. The highest BCUT2D eigenvalue weighted by Crippen LogP contribution is 2.24. The number of nitrogens with one attached hydrogen (secondary N) is 1. The zero-order chi connectivity index (χ0) is 15.2. The molecule has 1 aromatic rings. The molecule has 0 spiro atoms. The maximum Gasteiger partial charge on any atom is 0.237 e. The lowest BCUT2D eigenvalue weighted by molar-refractivity contribution is -0.135. The molecule has 1 aromatic carbocycles. The van der Waals surface area contributed by atoms with Gasteiger partial charge in [-0.1, -0.05) is 37.6 Å². The summed E-state index contributed by atoms with van der Waals surface area (Å²) < 4.78 is 0. The van der Waals surface area contributed by atoms with Gasteiger partial charge in [0.25, 0.3) is 0 Å². The molecule has 1 unspecified atom stereocenters. The molecule has 2 rings (SSSR count). The van der Waals surface area contributed by atoms with Crippen molar-refractivity contribution >= 4 is 17.5 Å². The van der Waals surface area contributed by atoms with Crippen molar-refractivity contribution in [1.29, 1.82) is 0 Å². The van der Waals surface area contributed by atoms with Crippen LogP contribution in [0.5, 0.6) is 0 Å². The van der Waals surface area contributed by atoms with Gasteiger partial charge in [-0.2, -0.15) is 0 Å². The van der Waals surface area contributed by atoms with E-state index in [1.54, 1.807) is 0 Å². The Morgan fingerprint density at radius 1 is 1.43 bits per heavy atom. The molecule has 0 radical (unpaired) electrons. The van der Waals surface area contributed by atoms with Gasteiger partial charge in [-0.3, -0.25) is 9.69 Å². The van der Waals surface area contributed by atoms with Gasteiger partial charge in [0.05, 0.1) is 12.6 Å². The smallest absolute Gasteiger partial charge is 0.237 e. The molecule has 116 valence electrons. The molecule has 0 bridgehead atoms. The highest BCUT2D eigenvalue weighted by Gasteiger charge is 2.28. The second-order valence-corrected chi connectivity index (χ2v) is 5.76. The summed E-state index contributed by atoms with van der Waals surface area (Å²) in [6.07, 6.45) is 0. The minimum absolute atomic E-state index is 0.0699. The summed E-state index contributed by atoms with van der Waals surface area (Å²) in [6, 6.07) is 7.88. The zero-order valence-corrected chi connectivity index (χ0v) is 13.6. The second-order valence-electron chi connectivity index (χ2n) is 5.32. The Kier molecular flexibility index (Phi) is 6.03. The SMILES string of the molecule is CCN(CC)CC(=O)N1CCNCC1c1cccc(Cl)c1. The fourth-order valence-electron chi connectivity index (χ4n) is 2.74. The van der Waals surface area contributed by atoms with Crippen molar-refractivity contribution in [1.82, 2.24) is 15.1 Å².